The molecule has 3 nitrogen and oxygen atoms in total. The van der Waals surface area contributed by atoms with Gasteiger partial charge in [0.2, 0.25) is 0 Å². The van der Waals surface area contributed by atoms with Gasteiger partial charge in [-0.3, -0.25) is 0 Å². The number of sulfone groups is 1. The summed E-state index contributed by atoms with van der Waals surface area (Å²) in [6.07, 6.45) is 0.745. The average Bonchev–Trinajstić information content (AvgIpc) is 2.71. The number of rotatable bonds is 3. The van der Waals surface area contributed by atoms with Crippen molar-refractivity contribution in [2.24, 2.45) is 0 Å². The second-order valence-electron chi connectivity index (χ2n) is 3.91. The van der Waals surface area contributed by atoms with E-state index in [9.17, 15) is 8.42 Å². The lowest BCUT2D eigenvalue weighted by molar-refractivity contribution is 0.582. The second kappa shape index (κ2) is 4.33. The van der Waals surface area contributed by atoms with Gasteiger partial charge in [0.15, 0.2) is 9.84 Å². The molecule has 0 aromatic heterocycles. The fourth-order valence-corrected chi connectivity index (χ4v) is 3.60. The third kappa shape index (κ3) is 2.58. The zero-order chi connectivity index (χ0) is 10.7. The molecule has 1 aliphatic rings. The quantitative estimate of drug-likeness (QED) is 0.833. The van der Waals surface area contributed by atoms with Crippen molar-refractivity contribution in [2.45, 2.75) is 17.4 Å². The Labute approximate surface area is 90.4 Å². The van der Waals surface area contributed by atoms with Gasteiger partial charge in [0.25, 0.3) is 0 Å². The lowest BCUT2D eigenvalue weighted by Crippen LogP contribution is -2.25. The van der Waals surface area contributed by atoms with E-state index < -0.39 is 9.84 Å². The highest BCUT2D eigenvalue weighted by atomic mass is 32.2. The van der Waals surface area contributed by atoms with Gasteiger partial charge in [-0.05, 0) is 18.5 Å². The summed E-state index contributed by atoms with van der Waals surface area (Å²) in [6.45, 7) is 1.42. The molecule has 1 fully saturated rings. The fraction of sp³-hybridized carbons (Fsp3) is 0.455. The van der Waals surface area contributed by atoms with Crippen LogP contribution < -0.4 is 5.32 Å². The van der Waals surface area contributed by atoms with Crippen molar-refractivity contribution >= 4 is 9.84 Å². The van der Waals surface area contributed by atoms with Crippen LogP contribution in [0.2, 0.25) is 0 Å². The molecule has 0 radical (unpaired) electrons. The van der Waals surface area contributed by atoms with E-state index in [1.165, 1.54) is 0 Å². The van der Waals surface area contributed by atoms with Gasteiger partial charge >= 0.3 is 0 Å². The van der Waals surface area contributed by atoms with E-state index in [1.54, 1.807) is 0 Å². The van der Waals surface area contributed by atoms with Crippen LogP contribution in [-0.2, 0) is 15.6 Å². The monoisotopic (exact) mass is 225 g/mol. The minimum absolute atomic E-state index is 0.167. The van der Waals surface area contributed by atoms with Crippen LogP contribution in [0.15, 0.2) is 30.3 Å². The summed E-state index contributed by atoms with van der Waals surface area (Å²) in [6, 6.07) is 9.36. The maximum Gasteiger partial charge on any atom is 0.158 e. The topological polar surface area (TPSA) is 46.2 Å². The number of hydrogen-bond donors (Lipinski definition) is 1. The first-order chi connectivity index (χ1) is 7.18. The van der Waals surface area contributed by atoms with E-state index in [1.807, 2.05) is 30.3 Å². The van der Waals surface area contributed by atoms with Gasteiger partial charge < -0.3 is 5.32 Å². The number of hydrogen-bond acceptors (Lipinski definition) is 3. The van der Waals surface area contributed by atoms with Crippen molar-refractivity contribution in [3.63, 3.8) is 0 Å². The summed E-state index contributed by atoms with van der Waals surface area (Å²) < 4.78 is 23.9. The SMILES string of the molecule is O=S(=O)(Cc1ccccc1)[C@H]1CCNC1. The maximum atomic E-state index is 12.0. The Kier molecular flexibility index (Phi) is 3.07. The third-order valence-corrected chi connectivity index (χ3v) is 4.89. The predicted octanol–water partition coefficient (Wildman–Crippen LogP) is 0.963. The van der Waals surface area contributed by atoms with Crippen molar-refractivity contribution < 1.29 is 8.42 Å². The molecule has 0 unspecified atom stereocenters. The Morgan fingerprint density at radius 2 is 2.00 bits per heavy atom. The minimum atomic E-state index is -2.98. The molecule has 0 saturated carbocycles. The summed E-state index contributed by atoms with van der Waals surface area (Å²) in [4.78, 5) is 0. The average molecular weight is 225 g/mol. The molecular formula is C11H15NO2S. The van der Waals surface area contributed by atoms with Crippen molar-refractivity contribution in [2.75, 3.05) is 13.1 Å². The van der Waals surface area contributed by atoms with Gasteiger partial charge in [0.05, 0.1) is 11.0 Å². The van der Waals surface area contributed by atoms with Crippen LogP contribution in [0, 0.1) is 0 Å². The number of nitrogens with one attached hydrogen (secondary N) is 1. The summed E-state index contributed by atoms with van der Waals surface area (Å²) in [5, 5.41) is 2.89. The first kappa shape index (κ1) is 10.6. The summed E-state index contributed by atoms with van der Waals surface area (Å²) in [5.41, 5.74) is 0.879. The normalized spacial score (nSPS) is 21.7. The molecule has 0 aliphatic carbocycles. The van der Waals surface area contributed by atoms with Crippen LogP contribution in [0.4, 0.5) is 0 Å². The largest absolute Gasteiger partial charge is 0.315 e. The molecule has 1 aromatic carbocycles. The Bertz CT molecular complexity index is 407. The summed E-state index contributed by atoms with van der Waals surface area (Å²) in [5.74, 6) is 0.167. The molecule has 82 valence electrons. The molecule has 0 amide bonds. The first-order valence-corrected chi connectivity index (χ1v) is 6.86. The molecule has 2 rings (SSSR count). The molecular weight excluding hydrogens is 210 g/mol. The van der Waals surface area contributed by atoms with Crippen LogP contribution in [-0.4, -0.2) is 26.8 Å². The Morgan fingerprint density at radius 3 is 2.60 bits per heavy atom. The van der Waals surface area contributed by atoms with E-state index in [0.717, 1.165) is 18.5 Å². The van der Waals surface area contributed by atoms with Gasteiger partial charge in [0.1, 0.15) is 0 Å². The molecule has 1 saturated heterocycles. The van der Waals surface area contributed by atoms with E-state index in [0.29, 0.717) is 6.54 Å². The maximum absolute atomic E-state index is 12.0. The Hall–Kier alpha value is -0.870. The zero-order valence-electron chi connectivity index (χ0n) is 8.52. The highest BCUT2D eigenvalue weighted by Crippen LogP contribution is 2.15. The van der Waals surface area contributed by atoms with Crippen molar-refractivity contribution in [3.8, 4) is 0 Å². The van der Waals surface area contributed by atoms with Crippen molar-refractivity contribution in [1.29, 1.82) is 0 Å². The molecule has 4 heteroatoms. The minimum Gasteiger partial charge on any atom is -0.315 e. The molecule has 15 heavy (non-hydrogen) atoms. The van der Waals surface area contributed by atoms with E-state index in [4.69, 9.17) is 0 Å². The Balaban J connectivity index is 2.11. The summed E-state index contributed by atoms with van der Waals surface area (Å²) >= 11 is 0. The lowest BCUT2D eigenvalue weighted by Gasteiger charge is -2.10. The van der Waals surface area contributed by atoms with Crippen LogP contribution in [0.5, 0.6) is 0 Å². The second-order valence-corrected chi connectivity index (χ2v) is 6.19. The summed E-state index contributed by atoms with van der Waals surface area (Å²) in [7, 11) is -2.98. The highest BCUT2D eigenvalue weighted by molar-refractivity contribution is 7.91. The van der Waals surface area contributed by atoms with Gasteiger partial charge in [-0.2, -0.15) is 0 Å². The van der Waals surface area contributed by atoms with Gasteiger partial charge in [0, 0.05) is 6.54 Å². The van der Waals surface area contributed by atoms with Crippen LogP contribution in [0.25, 0.3) is 0 Å². The molecule has 1 aromatic rings. The molecule has 0 spiro atoms. The molecule has 1 aliphatic heterocycles. The molecule has 1 heterocycles. The highest BCUT2D eigenvalue weighted by Gasteiger charge is 2.28. The van der Waals surface area contributed by atoms with Crippen LogP contribution in [0.1, 0.15) is 12.0 Å². The molecule has 1 atom stereocenters. The van der Waals surface area contributed by atoms with Crippen LogP contribution in [0.3, 0.4) is 0 Å². The predicted molar refractivity (Wildman–Crippen MR) is 60.3 cm³/mol. The van der Waals surface area contributed by atoms with E-state index in [2.05, 4.69) is 5.32 Å². The smallest absolute Gasteiger partial charge is 0.158 e. The van der Waals surface area contributed by atoms with Crippen LogP contribution >= 0.6 is 0 Å². The third-order valence-electron chi connectivity index (χ3n) is 2.73. The van der Waals surface area contributed by atoms with Gasteiger partial charge in [-0.15, -0.1) is 0 Å². The van der Waals surface area contributed by atoms with E-state index >= 15 is 0 Å². The standard InChI is InChI=1S/C11H15NO2S/c13-15(14,11-6-7-12-8-11)9-10-4-2-1-3-5-10/h1-5,11-12H,6-9H2/t11-/m0/s1. The van der Waals surface area contributed by atoms with Gasteiger partial charge in [-0.1, -0.05) is 30.3 Å². The number of benzene rings is 1. The molecule has 0 bridgehead atoms. The lowest BCUT2D eigenvalue weighted by atomic mass is 10.2. The fourth-order valence-electron chi connectivity index (χ4n) is 1.86. The Morgan fingerprint density at radius 1 is 1.27 bits per heavy atom. The van der Waals surface area contributed by atoms with Crippen molar-refractivity contribution in [3.05, 3.63) is 35.9 Å². The first-order valence-electron chi connectivity index (χ1n) is 5.15. The van der Waals surface area contributed by atoms with E-state index in [-0.39, 0.29) is 11.0 Å². The molecule has 1 N–H and O–H groups in total. The van der Waals surface area contributed by atoms with Crippen molar-refractivity contribution in [1.82, 2.24) is 5.32 Å². The van der Waals surface area contributed by atoms with Gasteiger partial charge in [-0.25, -0.2) is 8.42 Å². The zero-order valence-corrected chi connectivity index (χ0v) is 9.33.